The van der Waals surface area contributed by atoms with Crippen molar-refractivity contribution in [1.29, 1.82) is 0 Å². The van der Waals surface area contributed by atoms with E-state index in [1.54, 1.807) is 18.2 Å². The molecular formula is C12H14BrFO2. The maximum Gasteiger partial charge on any atom is 0.143 e. The standard InChI is InChI=1S/C12H14BrFO2/c13-10-5-1-4-9(12(10)14)11(15)7-8-3-2-6-16-8/h1,4-5,8,11,15H,2-3,6-7H2. The van der Waals surface area contributed by atoms with E-state index in [0.717, 1.165) is 19.4 Å². The lowest BCUT2D eigenvalue weighted by Crippen LogP contribution is -2.12. The maximum atomic E-state index is 13.7. The molecule has 0 saturated carbocycles. The average molecular weight is 289 g/mol. The zero-order valence-corrected chi connectivity index (χ0v) is 10.4. The van der Waals surface area contributed by atoms with Gasteiger partial charge in [-0.3, -0.25) is 0 Å². The summed E-state index contributed by atoms with van der Waals surface area (Å²) in [7, 11) is 0. The summed E-state index contributed by atoms with van der Waals surface area (Å²) < 4.78 is 19.5. The van der Waals surface area contributed by atoms with Gasteiger partial charge in [-0.25, -0.2) is 4.39 Å². The molecular weight excluding hydrogens is 275 g/mol. The normalized spacial score (nSPS) is 22.3. The third kappa shape index (κ3) is 2.62. The molecule has 0 amide bonds. The molecule has 0 radical (unpaired) electrons. The first-order valence-corrected chi connectivity index (χ1v) is 6.21. The highest BCUT2D eigenvalue weighted by molar-refractivity contribution is 9.10. The van der Waals surface area contributed by atoms with Gasteiger partial charge in [0.1, 0.15) is 5.82 Å². The quantitative estimate of drug-likeness (QED) is 0.926. The fourth-order valence-corrected chi connectivity index (χ4v) is 2.37. The highest BCUT2D eigenvalue weighted by Gasteiger charge is 2.22. The topological polar surface area (TPSA) is 29.5 Å². The second-order valence-electron chi connectivity index (χ2n) is 4.03. The highest BCUT2D eigenvalue weighted by atomic mass is 79.9. The van der Waals surface area contributed by atoms with Crippen molar-refractivity contribution in [2.75, 3.05) is 6.61 Å². The molecule has 88 valence electrons. The summed E-state index contributed by atoms with van der Waals surface area (Å²) in [6.45, 7) is 0.748. The Morgan fingerprint density at radius 3 is 3.06 bits per heavy atom. The molecule has 1 aliphatic rings. The Hall–Kier alpha value is -0.450. The minimum absolute atomic E-state index is 0.0633. The largest absolute Gasteiger partial charge is 0.388 e. The monoisotopic (exact) mass is 288 g/mol. The van der Waals surface area contributed by atoms with Crippen molar-refractivity contribution in [3.8, 4) is 0 Å². The fraction of sp³-hybridized carbons (Fsp3) is 0.500. The Morgan fingerprint density at radius 1 is 1.56 bits per heavy atom. The molecule has 16 heavy (non-hydrogen) atoms. The summed E-state index contributed by atoms with van der Waals surface area (Å²) in [5.74, 6) is -0.381. The van der Waals surface area contributed by atoms with Crippen molar-refractivity contribution in [3.05, 3.63) is 34.1 Å². The number of halogens is 2. The molecule has 0 aliphatic carbocycles. The summed E-state index contributed by atoms with van der Waals surface area (Å²) in [6, 6.07) is 4.96. The maximum absolute atomic E-state index is 13.7. The van der Waals surface area contributed by atoms with E-state index in [9.17, 15) is 9.50 Å². The molecule has 1 aromatic carbocycles. The molecule has 1 saturated heterocycles. The van der Waals surface area contributed by atoms with Crippen molar-refractivity contribution in [2.45, 2.75) is 31.5 Å². The Kier molecular flexibility index (Phi) is 3.95. The van der Waals surface area contributed by atoms with Gasteiger partial charge in [0.05, 0.1) is 16.7 Å². The Morgan fingerprint density at radius 2 is 2.38 bits per heavy atom. The van der Waals surface area contributed by atoms with Crippen molar-refractivity contribution >= 4 is 15.9 Å². The Bertz CT molecular complexity index is 364. The minimum Gasteiger partial charge on any atom is -0.388 e. The lowest BCUT2D eigenvalue weighted by Gasteiger charge is -2.16. The van der Waals surface area contributed by atoms with E-state index in [1.807, 2.05) is 0 Å². The molecule has 0 spiro atoms. The van der Waals surface area contributed by atoms with Crippen LogP contribution in [0.1, 0.15) is 30.9 Å². The van der Waals surface area contributed by atoms with Crippen LogP contribution in [0.3, 0.4) is 0 Å². The van der Waals surface area contributed by atoms with Crippen molar-refractivity contribution in [3.63, 3.8) is 0 Å². The molecule has 1 aliphatic heterocycles. The van der Waals surface area contributed by atoms with Crippen LogP contribution in [0.25, 0.3) is 0 Å². The van der Waals surface area contributed by atoms with E-state index in [4.69, 9.17) is 4.74 Å². The number of aliphatic hydroxyl groups excluding tert-OH is 1. The smallest absolute Gasteiger partial charge is 0.143 e. The van der Waals surface area contributed by atoms with Gasteiger partial charge in [-0.15, -0.1) is 0 Å². The zero-order chi connectivity index (χ0) is 11.5. The summed E-state index contributed by atoms with van der Waals surface area (Å²) >= 11 is 3.11. The van der Waals surface area contributed by atoms with Gasteiger partial charge in [-0.2, -0.15) is 0 Å². The first-order valence-electron chi connectivity index (χ1n) is 5.42. The molecule has 1 aromatic rings. The van der Waals surface area contributed by atoms with Crippen LogP contribution in [-0.2, 0) is 4.74 Å². The lowest BCUT2D eigenvalue weighted by atomic mass is 10.0. The van der Waals surface area contributed by atoms with E-state index >= 15 is 0 Å². The van der Waals surface area contributed by atoms with E-state index in [2.05, 4.69) is 15.9 Å². The third-order valence-electron chi connectivity index (χ3n) is 2.85. The van der Waals surface area contributed by atoms with Gasteiger partial charge in [0.15, 0.2) is 0 Å². The first-order chi connectivity index (χ1) is 7.68. The van der Waals surface area contributed by atoms with Crippen LogP contribution in [-0.4, -0.2) is 17.8 Å². The van der Waals surface area contributed by atoms with Gasteiger partial charge in [-0.1, -0.05) is 12.1 Å². The van der Waals surface area contributed by atoms with Crippen LogP contribution in [0.4, 0.5) is 4.39 Å². The Balaban J connectivity index is 2.07. The molecule has 2 nitrogen and oxygen atoms in total. The van der Waals surface area contributed by atoms with Crippen LogP contribution in [0.15, 0.2) is 22.7 Å². The summed E-state index contributed by atoms with van der Waals surface area (Å²) in [6.07, 6.45) is 1.72. The average Bonchev–Trinajstić information content (AvgIpc) is 2.74. The van der Waals surface area contributed by atoms with Crippen LogP contribution in [0, 0.1) is 5.82 Å². The molecule has 1 heterocycles. The minimum atomic E-state index is -0.791. The molecule has 2 atom stereocenters. The van der Waals surface area contributed by atoms with E-state index in [0.29, 0.717) is 16.5 Å². The van der Waals surface area contributed by atoms with Crippen molar-refractivity contribution < 1.29 is 14.2 Å². The molecule has 2 unspecified atom stereocenters. The molecule has 4 heteroatoms. The van der Waals surface area contributed by atoms with E-state index in [-0.39, 0.29) is 11.9 Å². The van der Waals surface area contributed by atoms with E-state index in [1.165, 1.54) is 0 Å². The highest BCUT2D eigenvalue weighted by Crippen LogP contribution is 2.29. The molecule has 0 bridgehead atoms. The number of ether oxygens (including phenoxy) is 1. The number of benzene rings is 1. The number of rotatable bonds is 3. The fourth-order valence-electron chi connectivity index (χ4n) is 1.98. The molecule has 0 aromatic heterocycles. The second kappa shape index (κ2) is 5.25. The summed E-state index contributed by atoms with van der Waals surface area (Å²) in [4.78, 5) is 0. The van der Waals surface area contributed by atoms with Gasteiger partial charge in [-0.05, 0) is 34.8 Å². The predicted octanol–water partition coefficient (Wildman–Crippen LogP) is 3.19. The van der Waals surface area contributed by atoms with E-state index < -0.39 is 6.10 Å². The number of hydrogen-bond donors (Lipinski definition) is 1. The first kappa shape index (κ1) is 12.0. The van der Waals surface area contributed by atoms with Crippen LogP contribution >= 0.6 is 15.9 Å². The van der Waals surface area contributed by atoms with Gasteiger partial charge >= 0.3 is 0 Å². The summed E-state index contributed by atoms with van der Waals surface area (Å²) in [5.41, 5.74) is 0.338. The number of hydrogen-bond acceptors (Lipinski definition) is 2. The summed E-state index contributed by atoms with van der Waals surface area (Å²) in [5, 5.41) is 9.95. The van der Waals surface area contributed by atoms with Gasteiger partial charge < -0.3 is 9.84 Å². The van der Waals surface area contributed by atoms with Crippen LogP contribution in [0.5, 0.6) is 0 Å². The van der Waals surface area contributed by atoms with Crippen molar-refractivity contribution in [1.82, 2.24) is 0 Å². The van der Waals surface area contributed by atoms with Crippen LogP contribution < -0.4 is 0 Å². The SMILES string of the molecule is OC(CC1CCCO1)c1cccc(Br)c1F. The predicted molar refractivity (Wildman–Crippen MR) is 62.7 cm³/mol. The lowest BCUT2D eigenvalue weighted by molar-refractivity contribution is 0.0521. The third-order valence-corrected chi connectivity index (χ3v) is 3.46. The van der Waals surface area contributed by atoms with Gasteiger partial charge in [0, 0.05) is 18.6 Å². The van der Waals surface area contributed by atoms with Crippen molar-refractivity contribution in [2.24, 2.45) is 0 Å². The zero-order valence-electron chi connectivity index (χ0n) is 8.83. The van der Waals surface area contributed by atoms with Gasteiger partial charge in [0.2, 0.25) is 0 Å². The second-order valence-corrected chi connectivity index (χ2v) is 4.88. The van der Waals surface area contributed by atoms with Crippen LogP contribution in [0.2, 0.25) is 0 Å². The Labute approximate surface area is 103 Å². The van der Waals surface area contributed by atoms with Gasteiger partial charge in [0.25, 0.3) is 0 Å². The molecule has 1 N–H and O–H groups in total. The number of aliphatic hydroxyl groups is 1. The molecule has 1 fully saturated rings. The molecule has 2 rings (SSSR count).